The van der Waals surface area contributed by atoms with E-state index in [0.29, 0.717) is 40.2 Å². The lowest BCUT2D eigenvalue weighted by Crippen LogP contribution is -2.24. The molecule has 0 radical (unpaired) electrons. The summed E-state index contributed by atoms with van der Waals surface area (Å²) in [5, 5.41) is 10.3. The van der Waals surface area contributed by atoms with Crippen LogP contribution in [0.4, 0.5) is 11.5 Å². The number of nitrogens with one attached hydrogen (secondary N) is 2. The maximum Gasteiger partial charge on any atom is 0.251 e. The van der Waals surface area contributed by atoms with Crippen molar-refractivity contribution in [1.29, 1.82) is 0 Å². The van der Waals surface area contributed by atoms with Gasteiger partial charge < -0.3 is 34.3 Å². The van der Waals surface area contributed by atoms with Crippen LogP contribution >= 0.6 is 0 Å². The zero-order chi connectivity index (χ0) is 25.8. The number of hydrogen-bond acceptors (Lipinski definition) is 8. The largest absolute Gasteiger partial charge is 0.497 e. The molecule has 36 heavy (non-hydrogen) atoms. The van der Waals surface area contributed by atoms with E-state index >= 15 is 0 Å². The van der Waals surface area contributed by atoms with Gasteiger partial charge in [-0.25, -0.2) is 4.68 Å². The van der Waals surface area contributed by atoms with Crippen LogP contribution in [-0.2, 0) is 20.9 Å². The van der Waals surface area contributed by atoms with E-state index in [1.54, 1.807) is 31.0 Å². The number of carbonyl (C=O) groups is 2. The molecule has 0 fully saturated rings. The van der Waals surface area contributed by atoms with Crippen LogP contribution in [0.5, 0.6) is 23.0 Å². The molecule has 1 atom stereocenters. The second-order valence-electron chi connectivity index (χ2n) is 7.95. The Bertz CT molecular complexity index is 1250. The van der Waals surface area contributed by atoms with Crippen molar-refractivity contribution in [2.45, 2.75) is 19.1 Å². The summed E-state index contributed by atoms with van der Waals surface area (Å²) in [7, 11) is 7.64. The molecule has 11 heteroatoms. The van der Waals surface area contributed by atoms with E-state index in [4.69, 9.17) is 23.7 Å². The van der Waals surface area contributed by atoms with E-state index in [-0.39, 0.29) is 24.8 Å². The van der Waals surface area contributed by atoms with Gasteiger partial charge in [0.05, 0.1) is 47.2 Å². The summed E-state index contributed by atoms with van der Waals surface area (Å²) in [6.07, 6.45) is -0.133. The first-order chi connectivity index (χ1) is 17.4. The van der Waals surface area contributed by atoms with Gasteiger partial charge in [-0.2, -0.15) is 5.10 Å². The van der Waals surface area contributed by atoms with Gasteiger partial charge in [0.1, 0.15) is 17.6 Å². The Balaban J connectivity index is 1.60. The lowest BCUT2D eigenvalue weighted by atomic mass is 10.1. The van der Waals surface area contributed by atoms with E-state index in [2.05, 4.69) is 15.7 Å². The Morgan fingerprint density at radius 1 is 1.00 bits per heavy atom. The van der Waals surface area contributed by atoms with Gasteiger partial charge >= 0.3 is 0 Å². The normalized spacial score (nSPS) is 14.1. The summed E-state index contributed by atoms with van der Waals surface area (Å²) in [4.78, 5) is 25.8. The first-order valence-corrected chi connectivity index (χ1v) is 11.1. The molecule has 2 heterocycles. The van der Waals surface area contributed by atoms with Gasteiger partial charge in [0, 0.05) is 30.5 Å². The molecule has 11 nitrogen and oxygen atoms in total. The first kappa shape index (κ1) is 24.9. The van der Waals surface area contributed by atoms with Crippen LogP contribution in [0.1, 0.15) is 18.2 Å². The molecule has 2 N–H and O–H groups in total. The predicted molar refractivity (Wildman–Crippen MR) is 132 cm³/mol. The van der Waals surface area contributed by atoms with Crippen LogP contribution < -0.4 is 29.6 Å². The number of amides is 2. The third kappa shape index (κ3) is 4.65. The minimum atomic E-state index is -0.829. The van der Waals surface area contributed by atoms with Gasteiger partial charge in [0.25, 0.3) is 5.91 Å². The fraction of sp³-hybridized carbons (Fsp3) is 0.320. The molecule has 1 aromatic heterocycles. The number of aromatic nitrogens is 2. The van der Waals surface area contributed by atoms with Crippen molar-refractivity contribution in [3.05, 3.63) is 42.1 Å². The number of methoxy groups -OCH3 is 5. The third-order valence-electron chi connectivity index (χ3n) is 5.81. The topological polar surface area (TPSA) is 122 Å². The summed E-state index contributed by atoms with van der Waals surface area (Å²) in [5.41, 5.74) is 2.66. The smallest absolute Gasteiger partial charge is 0.251 e. The molecule has 0 spiro atoms. The lowest BCUT2D eigenvalue weighted by molar-refractivity contribution is -0.123. The highest BCUT2D eigenvalue weighted by Gasteiger charge is 2.37. The number of ether oxygens (including phenoxy) is 5. The quantitative estimate of drug-likeness (QED) is 0.439. The Morgan fingerprint density at radius 3 is 2.22 bits per heavy atom. The Labute approximate surface area is 208 Å². The van der Waals surface area contributed by atoms with Gasteiger partial charge in [-0.3, -0.25) is 9.59 Å². The van der Waals surface area contributed by atoms with E-state index in [9.17, 15) is 9.59 Å². The van der Waals surface area contributed by atoms with Crippen LogP contribution in [0.2, 0.25) is 0 Å². The molecule has 0 aliphatic carbocycles. The minimum absolute atomic E-state index is 0.133. The minimum Gasteiger partial charge on any atom is -0.497 e. The van der Waals surface area contributed by atoms with E-state index in [1.807, 2.05) is 24.3 Å². The molecule has 0 saturated carbocycles. The van der Waals surface area contributed by atoms with Crippen LogP contribution in [-0.4, -0.2) is 57.1 Å². The molecular weight excluding hydrogens is 468 g/mol. The summed E-state index contributed by atoms with van der Waals surface area (Å²) in [6, 6.07) is 9.82. The van der Waals surface area contributed by atoms with E-state index in [1.165, 1.54) is 21.3 Å². The maximum absolute atomic E-state index is 13.0. The van der Waals surface area contributed by atoms with Gasteiger partial charge in [-0.15, -0.1) is 0 Å². The number of carbonyl (C=O) groups excluding carboxylic acids is 2. The Hall–Kier alpha value is -4.25. The fourth-order valence-electron chi connectivity index (χ4n) is 4.16. The molecule has 2 aromatic carbocycles. The molecule has 1 unspecified atom stereocenters. The summed E-state index contributed by atoms with van der Waals surface area (Å²) < 4.78 is 28.1. The van der Waals surface area contributed by atoms with Crippen molar-refractivity contribution in [3.63, 3.8) is 0 Å². The first-order valence-electron chi connectivity index (χ1n) is 11.1. The van der Waals surface area contributed by atoms with Crippen molar-refractivity contribution in [1.82, 2.24) is 9.78 Å². The molecule has 0 saturated heterocycles. The van der Waals surface area contributed by atoms with Gasteiger partial charge in [-0.1, -0.05) is 12.1 Å². The van der Waals surface area contributed by atoms with Crippen LogP contribution in [0.15, 0.2) is 36.4 Å². The van der Waals surface area contributed by atoms with Gasteiger partial charge in [-0.05, 0) is 17.7 Å². The standard InChI is InChI=1S/C25H28N4O7/c1-32-13-17-22(14-6-8-16(33-2)9-7-14)24-27-25(31)18(29(24)28-17)12-21(30)26-15-10-19(34-3)23(36-5)20(11-15)35-4/h6-11,18H,12-13H2,1-5H3,(H,26,30)(H,27,31). The van der Waals surface area contributed by atoms with E-state index < -0.39 is 6.04 Å². The number of benzene rings is 2. The fourth-order valence-corrected chi connectivity index (χ4v) is 4.16. The summed E-state index contributed by atoms with van der Waals surface area (Å²) in [5.74, 6) is 1.72. The van der Waals surface area contributed by atoms with E-state index in [0.717, 1.165) is 11.1 Å². The van der Waals surface area contributed by atoms with Crippen molar-refractivity contribution in [2.24, 2.45) is 0 Å². The van der Waals surface area contributed by atoms with Crippen molar-refractivity contribution in [2.75, 3.05) is 46.2 Å². The molecule has 1 aliphatic heterocycles. The number of nitrogens with zero attached hydrogens (tertiary/aromatic N) is 2. The number of rotatable bonds is 10. The van der Waals surface area contributed by atoms with Crippen LogP contribution in [0.25, 0.3) is 11.1 Å². The summed E-state index contributed by atoms with van der Waals surface area (Å²) >= 11 is 0. The molecule has 1 aliphatic rings. The molecule has 4 rings (SSSR count). The molecule has 2 amide bonds. The highest BCUT2D eigenvalue weighted by molar-refractivity contribution is 6.04. The summed E-state index contributed by atoms with van der Waals surface area (Å²) in [6.45, 7) is 0.238. The third-order valence-corrected chi connectivity index (χ3v) is 5.81. The zero-order valence-electron chi connectivity index (χ0n) is 20.7. The molecule has 190 valence electrons. The number of fused-ring (bicyclic) bond motifs is 1. The Morgan fingerprint density at radius 2 is 1.67 bits per heavy atom. The second-order valence-corrected chi connectivity index (χ2v) is 7.95. The van der Waals surface area contributed by atoms with Crippen molar-refractivity contribution >= 4 is 23.3 Å². The lowest BCUT2D eigenvalue weighted by Gasteiger charge is -2.15. The average Bonchev–Trinajstić information content (AvgIpc) is 3.37. The number of anilines is 2. The second kappa shape index (κ2) is 10.6. The van der Waals surface area contributed by atoms with Crippen molar-refractivity contribution in [3.8, 4) is 34.1 Å². The SMILES string of the molecule is COCc1nn2c(c1-c1ccc(OC)cc1)NC(=O)C2CC(=O)Nc1cc(OC)c(OC)c(OC)c1. The monoisotopic (exact) mass is 496 g/mol. The maximum atomic E-state index is 13.0. The number of hydrogen-bond donors (Lipinski definition) is 2. The molecule has 3 aromatic rings. The van der Waals surface area contributed by atoms with Crippen LogP contribution in [0, 0.1) is 0 Å². The highest BCUT2D eigenvalue weighted by atomic mass is 16.5. The van der Waals surface area contributed by atoms with Gasteiger partial charge in [0.2, 0.25) is 11.7 Å². The van der Waals surface area contributed by atoms with Gasteiger partial charge in [0.15, 0.2) is 11.5 Å². The Kier molecular flexibility index (Phi) is 7.30. The van der Waals surface area contributed by atoms with Crippen molar-refractivity contribution < 1.29 is 33.3 Å². The van der Waals surface area contributed by atoms with Crippen LogP contribution in [0.3, 0.4) is 0 Å². The zero-order valence-corrected chi connectivity index (χ0v) is 20.7. The predicted octanol–water partition coefficient (Wildman–Crippen LogP) is 3.25. The molecule has 0 bridgehead atoms. The average molecular weight is 497 g/mol. The highest BCUT2D eigenvalue weighted by Crippen LogP contribution is 2.41. The molecular formula is C25H28N4O7.